The lowest BCUT2D eigenvalue weighted by molar-refractivity contribution is 0.0746. The van der Waals surface area contributed by atoms with E-state index in [0.29, 0.717) is 42.6 Å². The Hall–Kier alpha value is -3.51. The van der Waals surface area contributed by atoms with Crippen molar-refractivity contribution in [2.24, 2.45) is 0 Å². The van der Waals surface area contributed by atoms with Crippen LogP contribution in [0.25, 0.3) is 22.3 Å². The molecule has 0 radical (unpaired) electrons. The molecule has 6 nitrogen and oxygen atoms in total. The zero-order valence-corrected chi connectivity index (χ0v) is 17.5. The normalized spacial score (nSPS) is 14.1. The smallest absolute Gasteiger partial charge is 0.255 e. The van der Waals surface area contributed by atoms with Crippen LogP contribution in [0.3, 0.4) is 0 Å². The lowest BCUT2D eigenvalue weighted by Crippen LogP contribution is -2.49. The number of benzene rings is 2. The van der Waals surface area contributed by atoms with Gasteiger partial charge in [-0.3, -0.25) is 9.78 Å². The van der Waals surface area contributed by atoms with Crippen molar-refractivity contribution in [3.05, 3.63) is 83.6 Å². The number of aromatic nitrogens is 3. The van der Waals surface area contributed by atoms with Gasteiger partial charge in [0.1, 0.15) is 5.82 Å². The van der Waals surface area contributed by atoms with Crippen molar-refractivity contribution in [2.45, 2.75) is 0 Å². The van der Waals surface area contributed by atoms with E-state index < -0.39 is 0 Å². The second kappa shape index (κ2) is 8.32. The van der Waals surface area contributed by atoms with Crippen LogP contribution >= 0.6 is 11.6 Å². The number of carbonyl (C=O) groups excluding carboxylic acids is 1. The monoisotopic (exact) mass is 429 g/mol. The molecular weight excluding hydrogens is 410 g/mol. The maximum Gasteiger partial charge on any atom is 0.255 e. The molecule has 0 spiro atoms. The molecule has 0 saturated carbocycles. The molecule has 2 aromatic carbocycles. The number of amides is 1. The predicted octanol–water partition coefficient (Wildman–Crippen LogP) is 4.31. The first-order valence-corrected chi connectivity index (χ1v) is 10.5. The van der Waals surface area contributed by atoms with E-state index in [1.165, 1.54) is 0 Å². The maximum absolute atomic E-state index is 12.8. The fraction of sp³-hybridized carbons (Fsp3) is 0.167. The average Bonchev–Trinajstić information content (AvgIpc) is 2.84. The molecule has 1 fully saturated rings. The van der Waals surface area contributed by atoms with Gasteiger partial charge in [-0.1, -0.05) is 41.9 Å². The molecule has 0 bridgehead atoms. The summed E-state index contributed by atoms with van der Waals surface area (Å²) in [6.45, 7) is 2.58. The van der Waals surface area contributed by atoms with Gasteiger partial charge in [-0.05, 0) is 30.3 Å². The lowest BCUT2D eigenvalue weighted by Gasteiger charge is -2.36. The third-order valence-corrected chi connectivity index (χ3v) is 5.68. The van der Waals surface area contributed by atoms with Crippen molar-refractivity contribution in [3.63, 3.8) is 0 Å². The molecule has 0 atom stereocenters. The Morgan fingerprint density at radius 1 is 0.903 bits per heavy atom. The summed E-state index contributed by atoms with van der Waals surface area (Å²) in [6.07, 6.45) is 3.28. The number of anilines is 1. The van der Waals surface area contributed by atoms with E-state index >= 15 is 0 Å². The molecule has 0 unspecified atom stereocenters. The number of hydrogen-bond donors (Lipinski definition) is 0. The highest BCUT2D eigenvalue weighted by atomic mass is 35.5. The van der Waals surface area contributed by atoms with Gasteiger partial charge in [0.05, 0.1) is 11.1 Å². The Labute approximate surface area is 185 Å². The zero-order chi connectivity index (χ0) is 21.2. The van der Waals surface area contributed by atoms with E-state index in [2.05, 4.69) is 9.88 Å². The number of piperazine rings is 1. The lowest BCUT2D eigenvalue weighted by atomic mass is 10.1. The highest BCUT2D eigenvalue weighted by Crippen LogP contribution is 2.30. The van der Waals surface area contributed by atoms with Crippen LogP contribution in [-0.4, -0.2) is 51.9 Å². The third kappa shape index (κ3) is 3.94. The van der Waals surface area contributed by atoms with Gasteiger partial charge in [0.15, 0.2) is 5.82 Å². The first-order valence-electron chi connectivity index (χ1n) is 10.2. The zero-order valence-electron chi connectivity index (χ0n) is 16.8. The molecule has 0 N–H and O–H groups in total. The quantitative estimate of drug-likeness (QED) is 0.485. The fourth-order valence-corrected chi connectivity index (χ4v) is 4.01. The number of rotatable bonds is 3. The van der Waals surface area contributed by atoms with Crippen LogP contribution in [0.4, 0.5) is 5.82 Å². The second-order valence-electron chi connectivity index (χ2n) is 7.42. The molecule has 1 saturated heterocycles. The Bertz CT molecular complexity index is 1220. The van der Waals surface area contributed by atoms with Gasteiger partial charge in [0, 0.05) is 54.5 Å². The number of hydrogen-bond acceptors (Lipinski definition) is 5. The van der Waals surface area contributed by atoms with Crippen molar-refractivity contribution in [1.29, 1.82) is 0 Å². The van der Waals surface area contributed by atoms with E-state index in [9.17, 15) is 4.79 Å². The number of fused-ring (bicyclic) bond motifs is 1. The summed E-state index contributed by atoms with van der Waals surface area (Å²) < 4.78 is 0. The van der Waals surface area contributed by atoms with Crippen molar-refractivity contribution >= 4 is 34.2 Å². The Morgan fingerprint density at radius 2 is 1.71 bits per heavy atom. The van der Waals surface area contributed by atoms with E-state index in [4.69, 9.17) is 21.6 Å². The number of halogens is 1. The van der Waals surface area contributed by atoms with Crippen molar-refractivity contribution in [1.82, 2.24) is 19.9 Å². The summed E-state index contributed by atoms with van der Waals surface area (Å²) in [4.78, 5) is 30.6. The van der Waals surface area contributed by atoms with Crippen LogP contribution in [0, 0.1) is 0 Å². The molecule has 3 heterocycles. The van der Waals surface area contributed by atoms with Crippen molar-refractivity contribution in [3.8, 4) is 11.4 Å². The van der Waals surface area contributed by atoms with E-state index in [-0.39, 0.29) is 5.91 Å². The van der Waals surface area contributed by atoms with Crippen molar-refractivity contribution in [2.75, 3.05) is 31.1 Å². The predicted molar refractivity (Wildman–Crippen MR) is 122 cm³/mol. The van der Waals surface area contributed by atoms with Gasteiger partial charge in [-0.2, -0.15) is 0 Å². The summed E-state index contributed by atoms with van der Waals surface area (Å²) >= 11 is 6.29. The maximum atomic E-state index is 12.8. The number of carbonyl (C=O) groups is 1. The van der Waals surface area contributed by atoms with Crippen LogP contribution in [0.15, 0.2) is 73.1 Å². The van der Waals surface area contributed by atoms with Crippen LogP contribution in [0.5, 0.6) is 0 Å². The van der Waals surface area contributed by atoms with E-state index in [1.807, 2.05) is 53.4 Å². The molecule has 2 aromatic heterocycles. The molecule has 1 aliphatic rings. The standard InChI is InChI=1S/C24H20ClN5O/c25-19-8-9-21-20(15-19)23(28-22(27-21)17-5-2-1-3-6-17)29-11-13-30(14-12-29)24(31)18-7-4-10-26-16-18/h1-10,15-16H,11-14H2. The summed E-state index contributed by atoms with van der Waals surface area (Å²) in [7, 11) is 0. The summed E-state index contributed by atoms with van der Waals surface area (Å²) in [5.74, 6) is 1.53. The minimum Gasteiger partial charge on any atom is -0.352 e. The Kier molecular flexibility index (Phi) is 5.22. The van der Waals surface area contributed by atoms with Gasteiger partial charge in [0.25, 0.3) is 5.91 Å². The summed E-state index contributed by atoms with van der Waals surface area (Å²) in [6, 6.07) is 19.2. The molecule has 0 aliphatic carbocycles. The Morgan fingerprint density at radius 3 is 2.45 bits per heavy atom. The minimum absolute atomic E-state index is 0.00770. The van der Waals surface area contributed by atoms with Gasteiger partial charge in [0.2, 0.25) is 0 Å². The van der Waals surface area contributed by atoms with E-state index in [1.54, 1.807) is 24.5 Å². The molecule has 4 aromatic rings. The topological polar surface area (TPSA) is 62.2 Å². The molecule has 5 rings (SSSR count). The first-order chi connectivity index (χ1) is 15.2. The first kappa shape index (κ1) is 19.5. The van der Waals surface area contributed by atoms with Gasteiger partial charge < -0.3 is 9.80 Å². The molecular formula is C24H20ClN5O. The molecule has 1 aliphatic heterocycles. The van der Waals surface area contributed by atoms with Crippen LogP contribution in [-0.2, 0) is 0 Å². The minimum atomic E-state index is 0.00770. The highest BCUT2D eigenvalue weighted by Gasteiger charge is 2.25. The second-order valence-corrected chi connectivity index (χ2v) is 7.86. The van der Waals surface area contributed by atoms with Gasteiger partial charge in [-0.15, -0.1) is 0 Å². The Balaban J connectivity index is 1.46. The third-order valence-electron chi connectivity index (χ3n) is 5.44. The molecule has 7 heteroatoms. The van der Waals surface area contributed by atoms with Crippen LogP contribution in [0.1, 0.15) is 10.4 Å². The van der Waals surface area contributed by atoms with Crippen LogP contribution < -0.4 is 4.90 Å². The van der Waals surface area contributed by atoms with Crippen molar-refractivity contribution < 1.29 is 4.79 Å². The molecule has 1 amide bonds. The van der Waals surface area contributed by atoms with Gasteiger partial charge in [-0.25, -0.2) is 9.97 Å². The SMILES string of the molecule is O=C(c1cccnc1)N1CCN(c2nc(-c3ccccc3)nc3ccc(Cl)cc23)CC1. The van der Waals surface area contributed by atoms with E-state index in [0.717, 1.165) is 22.3 Å². The molecule has 154 valence electrons. The average molecular weight is 430 g/mol. The fourth-order valence-electron chi connectivity index (χ4n) is 3.84. The number of nitrogens with zero attached hydrogens (tertiary/aromatic N) is 5. The largest absolute Gasteiger partial charge is 0.352 e. The highest BCUT2D eigenvalue weighted by molar-refractivity contribution is 6.31. The van der Waals surface area contributed by atoms with Gasteiger partial charge >= 0.3 is 0 Å². The molecule has 31 heavy (non-hydrogen) atoms. The summed E-state index contributed by atoms with van der Waals surface area (Å²) in [5.41, 5.74) is 2.43. The number of pyridine rings is 1. The van der Waals surface area contributed by atoms with Crippen LogP contribution in [0.2, 0.25) is 5.02 Å². The summed E-state index contributed by atoms with van der Waals surface area (Å²) in [5, 5.41) is 1.56.